The number of hydrogen-bond acceptors (Lipinski definition) is 4. The minimum atomic E-state index is -0.349. The van der Waals surface area contributed by atoms with E-state index >= 15 is 0 Å². The number of rotatable bonds is 7. The first kappa shape index (κ1) is 14.5. The van der Waals surface area contributed by atoms with Crippen LogP contribution in [0.4, 0.5) is 0 Å². The second-order valence-corrected chi connectivity index (χ2v) is 4.25. The van der Waals surface area contributed by atoms with Crippen LogP contribution in [-0.4, -0.2) is 25.2 Å². The van der Waals surface area contributed by atoms with Gasteiger partial charge < -0.3 is 15.2 Å². The van der Waals surface area contributed by atoms with Crippen molar-refractivity contribution < 1.29 is 14.3 Å². The molecule has 0 aliphatic rings. The summed E-state index contributed by atoms with van der Waals surface area (Å²) in [6.07, 6.45) is 1.92. The summed E-state index contributed by atoms with van der Waals surface area (Å²) in [7, 11) is 0. The number of nitrogens with two attached hydrogens (primary N) is 1. The SMILES string of the molecule is CCOC(=O)COc1ccc(CCC(C)N)cc1. The normalized spacial score (nSPS) is 11.9. The molecule has 0 aromatic heterocycles. The predicted octanol–water partition coefficient (Wildman–Crippen LogP) is 1.91. The zero-order chi connectivity index (χ0) is 13.4. The van der Waals surface area contributed by atoms with Gasteiger partial charge in [-0.3, -0.25) is 0 Å². The number of carbonyl (C=O) groups excluding carboxylic acids is 1. The van der Waals surface area contributed by atoms with Gasteiger partial charge in [0.05, 0.1) is 6.61 Å². The highest BCUT2D eigenvalue weighted by Crippen LogP contribution is 2.13. The van der Waals surface area contributed by atoms with Gasteiger partial charge in [-0.05, 0) is 44.4 Å². The number of esters is 1. The molecule has 0 amide bonds. The lowest BCUT2D eigenvalue weighted by atomic mass is 10.1. The smallest absolute Gasteiger partial charge is 0.344 e. The molecule has 2 N–H and O–H groups in total. The Morgan fingerprint density at radius 2 is 2.00 bits per heavy atom. The molecule has 0 aliphatic heterocycles. The summed E-state index contributed by atoms with van der Waals surface area (Å²) in [5.74, 6) is 0.325. The zero-order valence-electron chi connectivity index (χ0n) is 11.0. The topological polar surface area (TPSA) is 61.5 Å². The minimum Gasteiger partial charge on any atom is -0.482 e. The fourth-order valence-corrected chi connectivity index (χ4v) is 1.49. The van der Waals surface area contributed by atoms with Crippen molar-refractivity contribution in [2.75, 3.05) is 13.2 Å². The molecule has 0 saturated heterocycles. The Kier molecular flexibility index (Phi) is 6.22. The molecule has 0 aliphatic carbocycles. The molecule has 0 saturated carbocycles. The van der Waals surface area contributed by atoms with Gasteiger partial charge in [-0.15, -0.1) is 0 Å². The summed E-state index contributed by atoms with van der Waals surface area (Å²) in [6.45, 7) is 4.09. The van der Waals surface area contributed by atoms with Crippen LogP contribution >= 0.6 is 0 Å². The first-order valence-corrected chi connectivity index (χ1v) is 6.24. The molecule has 4 heteroatoms. The molecule has 0 spiro atoms. The summed E-state index contributed by atoms with van der Waals surface area (Å²) < 4.78 is 10.1. The van der Waals surface area contributed by atoms with Crippen LogP contribution in [0.5, 0.6) is 5.75 Å². The van der Waals surface area contributed by atoms with Crippen molar-refractivity contribution in [2.24, 2.45) is 5.73 Å². The standard InChI is InChI=1S/C14H21NO3/c1-3-17-14(16)10-18-13-8-6-12(7-9-13)5-4-11(2)15/h6-9,11H,3-5,10,15H2,1-2H3. The van der Waals surface area contributed by atoms with Gasteiger partial charge in [-0.2, -0.15) is 0 Å². The van der Waals surface area contributed by atoms with Crippen LogP contribution in [0.2, 0.25) is 0 Å². The first-order chi connectivity index (χ1) is 8.61. The fraction of sp³-hybridized carbons (Fsp3) is 0.500. The van der Waals surface area contributed by atoms with E-state index in [1.54, 1.807) is 6.92 Å². The number of hydrogen-bond donors (Lipinski definition) is 1. The molecule has 1 rings (SSSR count). The number of carbonyl (C=O) groups is 1. The molecule has 18 heavy (non-hydrogen) atoms. The largest absolute Gasteiger partial charge is 0.482 e. The molecule has 1 aromatic carbocycles. The molecule has 0 fully saturated rings. The van der Waals surface area contributed by atoms with Crippen molar-refractivity contribution in [1.29, 1.82) is 0 Å². The van der Waals surface area contributed by atoms with Crippen LogP contribution in [0.1, 0.15) is 25.8 Å². The van der Waals surface area contributed by atoms with Crippen LogP contribution in [-0.2, 0) is 16.0 Å². The first-order valence-electron chi connectivity index (χ1n) is 6.24. The van der Waals surface area contributed by atoms with E-state index in [-0.39, 0.29) is 18.6 Å². The van der Waals surface area contributed by atoms with E-state index in [4.69, 9.17) is 15.2 Å². The summed E-state index contributed by atoms with van der Waals surface area (Å²) in [6, 6.07) is 7.90. The van der Waals surface area contributed by atoms with Crippen molar-refractivity contribution in [2.45, 2.75) is 32.7 Å². The Hall–Kier alpha value is -1.55. The Balaban J connectivity index is 2.38. The third kappa shape index (κ3) is 5.68. The van der Waals surface area contributed by atoms with Crippen LogP contribution in [0, 0.1) is 0 Å². The Morgan fingerprint density at radius 1 is 1.33 bits per heavy atom. The van der Waals surface area contributed by atoms with Gasteiger partial charge in [-0.25, -0.2) is 4.79 Å². The highest BCUT2D eigenvalue weighted by molar-refractivity contribution is 5.71. The van der Waals surface area contributed by atoms with E-state index in [1.807, 2.05) is 31.2 Å². The lowest BCUT2D eigenvalue weighted by Gasteiger charge is -2.08. The Morgan fingerprint density at radius 3 is 2.56 bits per heavy atom. The monoisotopic (exact) mass is 251 g/mol. The highest BCUT2D eigenvalue weighted by atomic mass is 16.6. The second-order valence-electron chi connectivity index (χ2n) is 4.25. The van der Waals surface area contributed by atoms with E-state index in [0.29, 0.717) is 12.4 Å². The predicted molar refractivity (Wildman–Crippen MR) is 70.5 cm³/mol. The maximum atomic E-state index is 11.1. The highest BCUT2D eigenvalue weighted by Gasteiger charge is 2.03. The van der Waals surface area contributed by atoms with Crippen molar-refractivity contribution in [1.82, 2.24) is 0 Å². The van der Waals surface area contributed by atoms with Crippen molar-refractivity contribution in [3.05, 3.63) is 29.8 Å². The zero-order valence-corrected chi connectivity index (χ0v) is 11.0. The van der Waals surface area contributed by atoms with Crippen molar-refractivity contribution in [3.63, 3.8) is 0 Å². The quantitative estimate of drug-likeness (QED) is 0.752. The molecule has 4 nitrogen and oxygen atoms in total. The van der Waals surface area contributed by atoms with Crippen molar-refractivity contribution in [3.8, 4) is 5.75 Å². The van der Waals surface area contributed by atoms with E-state index in [9.17, 15) is 4.79 Å². The average molecular weight is 251 g/mol. The molecule has 0 heterocycles. The maximum Gasteiger partial charge on any atom is 0.344 e. The number of aryl methyl sites for hydroxylation is 1. The van der Waals surface area contributed by atoms with Crippen LogP contribution in [0.15, 0.2) is 24.3 Å². The lowest BCUT2D eigenvalue weighted by Crippen LogP contribution is -2.15. The van der Waals surface area contributed by atoms with Crippen molar-refractivity contribution >= 4 is 5.97 Å². The third-order valence-corrected chi connectivity index (χ3v) is 2.47. The summed E-state index contributed by atoms with van der Waals surface area (Å²) in [5, 5.41) is 0. The minimum absolute atomic E-state index is 0.0486. The number of ether oxygens (including phenoxy) is 2. The average Bonchev–Trinajstić information content (AvgIpc) is 2.35. The second kappa shape index (κ2) is 7.71. The summed E-state index contributed by atoms with van der Waals surface area (Å²) >= 11 is 0. The van der Waals surface area contributed by atoms with Gasteiger partial charge in [0.25, 0.3) is 0 Å². The third-order valence-electron chi connectivity index (χ3n) is 2.47. The molecular formula is C14H21NO3. The molecule has 0 radical (unpaired) electrons. The molecule has 1 atom stereocenters. The van der Waals surface area contributed by atoms with Gasteiger partial charge in [0, 0.05) is 6.04 Å². The Labute approximate surface area is 108 Å². The fourth-order valence-electron chi connectivity index (χ4n) is 1.49. The molecule has 100 valence electrons. The van der Waals surface area contributed by atoms with Gasteiger partial charge >= 0.3 is 5.97 Å². The van der Waals surface area contributed by atoms with Crippen LogP contribution in [0.25, 0.3) is 0 Å². The maximum absolute atomic E-state index is 11.1. The Bertz CT molecular complexity index is 360. The van der Waals surface area contributed by atoms with Crippen LogP contribution < -0.4 is 10.5 Å². The molecular weight excluding hydrogens is 230 g/mol. The van der Waals surface area contributed by atoms with Gasteiger partial charge in [-0.1, -0.05) is 12.1 Å². The van der Waals surface area contributed by atoms with E-state index < -0.39 is 0 Å². The summed E-state index contributed by atoms with van der Waals surface area (Å²) in [4.78, 5) is 11.1. The van der Waals surface area contributed by atoms with E-state index in [1.165, 1.54) is 5.56 Å². The van der Waals surface area contributed by atoms with E-state index in [2.05, 4.69) is 0 Å². The lowest BCUT2D eigenvalue weighted by molar-refractivity contribution is -0.145. The number of benzene rings is 1. The molecule has 1 aromatic rings. The van der Waals surface area contributed by atoms with E-state index in [0.717, 1.165) is 12.8 Å². The van der Waals surface area contributed by atoms with Gasteiger partial charge in [0.15, 0.2) is 6.61 Å². The molecule has 0 bridgehead atoms. The van der Waals surface area contributed by atoms with Gasteiger partial charge in [0.1, 0.15) is 5.75 Å². The summed E-state index contributed by atoms with van der Waals surface area (Å²) in [5.41, 5.74) is 6.92. The van der Waals surface area contributed by atoms with Gasteiger partial charge in [0.2, 0.25) is 0 Å². The molecule has 1 unspecified atom stereocenters. The van der Waals surface area contributed by atoms with Crippen LogP contribution in [0.3, 0.4) is 0 Å².